The van der Waals surface area contributed by atoms with Crippen molar-refractivity contribution in [1.29, 1.82) is 0 Å². The molecule has 0 spiro atoms. The molecule has 0 amide bonds. The average molecular weight is 354 g/mol. The molecule has 0 bridgehead atoms. The van der Waals surface area contributed by atoms with Gasteiger partial charge in [0.05, 0.1) is 12.3 Å². The summed E-state index contributed by atoms with van der Waals surface area (Å²) in [7, 11) is 4.77. The fourth-order valence-corrected chi connectivity index (χ4v) is 2.12. The van der Waals surface area contributed by atoms with Crippen LogP contribution in [0.4, 0.5) is 0 Å². The van der Waals surface area contributed by atoms with Crippen LogP contribution in [-0.2, 0) is 21.1 Å². The summed E-state index contributed by atoms with van der Waals surface area (Å²) in [6.07, 6.45) is 1.52. The van der Waals surface area contributed by atoms with Gasteiger partial charge in [-0.3, -0.25) is 13.9 Å². The third-order valence-corrected chi connectivity index (χ3v) is 3.44. The zero-order valence-corrected chi connectivity index (χ0v) is 16.3. The molecule has 3 rings (SSSR count). The molecule has 0 aliphatic heterocycles. The van der Waals surface area contributed by atoms with E-state index in [1.54, 1.807) is 24.7 Å². The number of benzene rings is 1. The van der Waals surface area contributed by atoms with E-state index in [4.69, 9.17) is 5.11 Å². The first kappa shape index (κ1) is 20.7. The van der Waals surface area contributed by atoms with E-state index in [1.807, 2.05) is 0 Å². The summed E-state index contributed by atoms with van der Waals surface area (Å²) in [6.45, 7) is 0. The maximum atomic E-state index is 11.7. The number of carboxylic acids is 1. The van der Waals surface area contributed by atoms with Crippen LogP contribution in [-0.4, -0.2) is 29.8 Å². The second kappa shape index (κ2) is 8.15. The molecule has 2 aromatic heterocycles. The van der Waals surface area contributed by atoms with Crippen molar-refractivity contribution in [1.82, 2.24) is 18.7 Å². The summed E-state index contributed by atoms with van der Waals surface area (Å²) in [5.41, 5.74) is 0.00185. The van der Waals surface area contributed by atoms with Crippen LogP contribution in [0.2, 0.25) is 0 Å². The molecule has 0 saturated carbocycles. The fourth-order valence-electron chi connectivity index (χ4n) is 2.12. The van der Waals surface area contributed by atoms with Crippen molar-refractivity contribution in [3.8, 4) is 5.75 Å². The number of aromatic hydroxyl groups is 1. The Morgan fingerprint density at radius 2 is 1.72 bits per heavy atom. The number of hydrogen-bond donors (Lipinski definition) is 1. The van der Waals surface area contributed by atoms with Crippen molar-refractivity contribution in [2.24, 2.45) is 21.1 Å². The molecule has 0 aliphatic carbocycles. The maximum Gasteiger partial charge on any atom is 1.00 e. The number of phenols is 1. The summed E-state index contributed by atoms with van der Waals surface area (Å²) in [4.78, 5) is 37.3. The molecule has 1 N–H and O–H groups in total. The van der Waals surface area contributed by atoms with Crippen LogP contribution >= 0.6 is 0 Å². The van der Waals surface area contributed by atoms with Crippen LogP contribution in [0.1, 0.15) is 10.4 Å². The predicted octanol–water partition coefficient (Wildman–Crippen LogP) is -4.27. The molecular formula is C15H15N4NaO5. The van der Waals surface area contributed by atoms with Crippen molar-refractivity contribution >= 4 is 17.1 Å². The molecule has 126 valence electrons. The molecule has 3 aromatic rings. The third kappa shape index (κ3) is 4.01. The van der Waals surface area contributed by atoms with Crippen molar-refractivity contribution in [3.63, 3.8) is 0 Å². The topological polar surface area (TPSA) is 122 Å². The Morgan fingerprint density at radius 3 is 2.24 bits per heavy atom. The number of carboxylic acid groups (broad SMARTS) is 1. The summed E-state index contributed by atoms with van der Waals surface area (Å²) >= 11 is 0. The molecule has 0 fully saturated rings. The second-order valence-electron chi connectivity index (χ2n) is 5.04. The van der Waals surface area contributed by atoms with Crippen LogP contribution in [0.25, 0.3) is 11.2 Å². The van der Waals surface area contributed by atoms with E-state index in [0.29, 0.717) is 11.2 Å². The van der Waals surface area contributed by atoms with Gasteiger partial charge in [-0.2, -0.15) is 0 Å². The first-order chi connectivity index (χ1) is 11.3. The van der Waals surface area contributed by atoms with Crippen LogP contribution in [0.3, 0.4) is 0 Å². The first-order valence-corrected chi connectivity index (χ1v) is 6.82. The van der Waals surface area contributed by atoms with E-state index >= 15 is 0 Å². The first-order valence-electron chi connectivity index (χ1n) is 6.82. The molecule has 1 aromatic carbocycles. The molecular weight excluding hydrogens is 339 g/mol. The minimum atomic E-state index is -1.36. The number of nitrogens with zero attached hydrogens (tertiary/aromatic N) is 4. The Labute approximate surface area is 164 Å². The van der Waals surface area contributed by atoms with Gasteiger partial charge in [-0.05, 0) is 12.1 Å². The van der Waals surface area contributed by atoms with Gasteiger partial charge in [0, 0.05) is 26.7 Å². The normalized spacial score (nSPS) is 9.88. The number of aromatic carboxylic acids is 1. The summed E-state index contributed by atoms with van der Waals surface area (Å²) in [5, 5.41) is 19.0. The number of para-hydroxylation sites is 1. The molecule has 0 unspecified atom stereocenters. The quantitative estimate of drug-likeness (QED) is 0.442. The molecule has 0 atom stereocenters. The number of aromatic nitrogens is 4. The largest absolute Gasteiger partial charge is 1.00 e. The Balaban J connectivity index is 0.000000254. The standard InChI is InChI=1S/C8H10N4O2.C7H6O3.Na/c1-10-4-9-6-5(10)7(13)12(3)8(14)11(6)2;8-6-4-2-1-3-5(6)7(9)10;/h4H,1-3H3;1-4,8H,(H,9,10);/q;;+1/p-1. The van der Waals surface area contributed by atoms with Gasteiger partial charge in [0.15, 0.2) is 11.2 Å². The van der Waals surface area contributed by atoms with Gasteiger partial charge in [-0.25, -0.2) is 9.78 Å². The third-order valence-electron chi connectivity index (χ3n) is 3.44. The number of rotatable bonds is 1. The molecule has 0 saturated heterocycles. The van der Waals surface area contributed by atoms with Gasteiger partial charge in [0.25, 0.3) is 5.56 Å². The summed E-state index contributed by atoms with van der Waals surface area (Å²) < 4.78 is 4.04. The summed E-state index contributed by atoms with van der Waals surface area (Å²) in [6, 6.07) is 5.64. The molecule has 9 nitrogen and oxygen atoms in total. The number of hydrogen-bond acceptors (Lipinski definition) is 6. The van der Waals surface area contributed by atoms with Crippen LogP contribution in [0.15, 0.2) is 40.2 Å². The Hall–Kier alpha value is -2.36. The van der Waals surface area contributed by atoms with Gasteiger partial charge in [-0.1, -0.05) is 12.1 Å². The molecule has 2 heterocycles. The molecule has 0 radical (unpaired) electrons. The zero-order chi connectivity index (χ0) is 18.0. The van der Waals surface area contributed by atoms with Crippen LogP contribution in [0.5, 0.6) is 5.75 Å². The Kier molecular flexibility index (Phi) is 6.74. The minimum Gasteiger partial charge on any atom is -0.545 e. The molecule has 0 aliphatic rings. The fraction of sp³-hybridized carbons (Fsp3) is 0.200. The zero-order valence-electron chi connectivity index (χ0n) is 14.3. The van der Waals surface area contributed by atoms with Gasteiger partial charge < -0.3 is 19.6 Å². The van der Waals surface area contributed by atoms with Crippen molar-refractivity contribution in [2.75, 3.05) is 0 Å². The number of aryl methyl sites for hydroxylation is 2. The van der Waals surface area contributed by atoms with Crippen LogP contribution in [0, 0.1) is 0 Å². The van der Waals surface area contributed by atoms with Gasteiger partial charge in [0.1, 0.15) is 5.75 Å². The SMILES string of the molecule is Cn1c(=O)c2c(ncn2C)n(C)c1=O.O=C([O-])c1ccccc1O.[Na+]. The second-order valence-corrected chi connectivity index (χ2v) is 5.04. The number of fused-ring (bicyclic) bond motifs is 1. The Bertz CT molecular complexity index is 1030. The maximum absolute atomic E-state index is 11.7. The number of carbonyl (C=O) groups excluding carboxylic acids is 1. The number of carbonyl (C=O) groups is 1. The van der Waals surface area contributed by atoms with Gasteiger partial charge >= 0.3 is 35.2 Å². The van der Waals surface area contributed by atoms with Crippen molar-refractivity contribution in [3.05, 3.63) is 57.0 Å². The van der Waals surface area contributed by atoms with Gasteiger partial charge in [0.2, 0.25) is 0 Å². The minimum absolute atomic E-state index is 0. The molecule has 25 heavy (non-hydrogen) atoms. The van der Waals surface area contributed by atoms with E-state index in [2.05, 4.69) is 4.98 Å². The number of imidazole rings is 1. The van der Waals surface area contributed by atoms with Gasteiger partial charge in [-0.15, -0.1) is 0 Å². The van der Waals surface area contributed by atoms with Crippen molar-refractivity contribution < 1.29 is 44.6 Å². The van der Waals surface area contributed by atoms with E-state index in [1.165, 1.54) is 36.1 Å². The van der Waals surface area contributed by atoms with E-state index < -0.39 is 5.97 Å². The Morgan fingerprint density at radius 1 is 1.12 bits per heavy atom. The monoisotopic (exact) mass is 354 g/mol. The predicted molar refractivity (Wildman–Crippen MR) is 83.6 cm³/mol. The smallest absolute Gasteiger partial charge is 0.545 e. The van der Waals surface area contributed by atoms with Crippen molar-refractivity contribution in [2.45, 2.75) is 0 Å². The van der Waals surface area contributed by atoms with E-state index in [9.17, 15) is 19.5 Å². The summed E-state index contributed by atoms with van der Waals surface area (Å²) in [5.74, 6) is -1.62. The van der Waals surface area contributed by atoms with E-state index in [0.717, 1.165) is 4.57 Å². The van der Waals surface area contributed by atoms with E-state index in [-0.39, 0.29) is 52.1 Å². The average Bonchev–Trinajstić information content (AvgIpc) is 2.93. The molecule has 10 heteroatoms. The van der Waals surface area contributed by atoms with Crippen LogP contribution < -0.4 is 45.9 Å².